The number of rotatable bonds is 22. The maximum Gasteiger partial charge on any atom is 0.293 e. The number of hydrogen-bond acceptors (Lipinski definition) is 18. The Labute approximate surface area is 722 Å². The van der Waals surface area contributed by atoms with Crippen molar-refractivity contribution in [1.29, 1.82) is 21.0 Å². The number of nitrogens with zero attached hydrogens (tertiary/aromatic N) is 7. The number of nitrogens with one attached hydrogen (secondary N) is 5. The van der Waals surface area contributed by atoms with E-state index in [1.54, 1.807) is 25.1 Å². The van der Waals surface area contributed by atoms with Crippen LogP contribution in [-0.4, -0.2) is 133 Å². The predicted octanol–water partition coefficient (Wildman–Crippen LogP) is 18.1. The van der Waals surface area contributed by atoms with Gasteiger partial charge >= 0.3 is 0 Å². The largest absolute Gasteiger partial charge is 0.489 e. The maximum atomic E-state index is 15.0. The molecule has 8 aromatic carbocycles. The average molecular weight is 1670 g/mol. The zero-order chi connectivity index (χ0) is 86.0. The molecule has 2 unspecified atom stereocenters. The Bertz CT molecular complexity index is 5500. The molecule has 0 radical (unpaired) electrons. The molecular weight excluding hydrogens is 1570 g/mol. The quantitative estimate of drug-likeness (QED) is 0.0421. The highest BCUT2D eigenvalue weighted by Gasteiger charge is 2.51. The molecule has 638 valence electrons. The highest BCUT2D eigenvalue weighted by atomic mass is 19.1. The van der Waals surface area contributed by atoms with Gasteiger partial charge in [-0.25, -0.2) is 9.37 Å². The Kier molecular flexibility index (Phi) is 28.4. The molecule has 124 heavy (non-hydrogen) atoms. The first-order valence-corrected chi connectivity index (χ1v) is 43.5. The lowest BCUT2D eigenvalue weighted by Crippen LogP contribution is -2.49. The number of carbonyl (C=O) groups is 5. The lowest BCUT2D eigenvalue weighted by molar-refractivity contribution is -0.121. The monoisotopic (exact) mass is 1670 g/mol. The van der Waals surface area contributed by atoms with Gasteiger partial charge in [0.15, 0.2) is 6.17 Å². The molecule has 5 amide bonds. The Morgan fingerprint density at radius 2 is 0.798 bits per heavy atom. The first-order chi connectivity index (χ1) is 60.5. The Morgan fingerprint density at radius 1 is 0.435 bits per heavy atom. The van der Waals surface area contributed by atoms with Crippen molar-refractivity contribution in [3.05, 3.63) is 204 Å². The number of anilines is 4. The number of benzene rings is 8. The number of likely N-dealkylation sites (tertiary alicyclic amines) is 1. The van der Waals surface area contributed by atoms with Crippen LogP contribution in [-0.2, 0) is 33.4 Å². The summed E-state index contributed by atoms with van der Waals surface area (Å²) in [5.74, 6) is 4.96. The van der Waals surface area contributed by atoms with Gasteiger partial charge in [0.2, 0.25) is 29.5 Å². The fraction of sp³-hybridized carbons (Fsp3) is 0.404. The van der Waals surface area contributed by atoms with Crippen molar-refractivity contribution in [1.82, 2.24) is 20.1 Å². The normalized spacial score (nSPS) is 20.5. The number of ether oxygens (including phenoxy) is 7. The van der Waals surface area contributed by atoms with E-state index in [0.717, 1.165) is 157 Å². The van der Waals surface area contributed by atoms with Gasteiger partial charge in [-0.05, 0) is 218 Å². The SMILES string of the molecule is Cc1nc(C(=O)N2CC[C@H](Oc3ccc(-c4cccc(NC(=O)C5CC5C)c4)cc3C#N)[C@H](F)C2)n[nH]1.N#Cc1cc(-c2cccc(NC(=O)C3CC3)c2)ccc1OC1CCOCC1.N#Cc1cc(-c2cccc(NC(=O)C3CCCCC3)c2)ccc1OC1CCOCC1.N#Cc1cc(-c2cccc(NC(=O)[C@H]3C[C@@H]3C3CC3)c2)ccc1OC1CCOCC1. The van der Waals surface area contributed by atoms with E-state index < -0.39 is 18.2 Å². The molecule has 6 atom stereocenters. The first-order valence-electron chi connectivity index (χ1n) is 43.5. The zero-order valence-corrected chi connectivity index (χ0v) is 69.9. The summed E-state index contributed by atoms with van der Waals surface area (Å²) in [6.45, 7) is 8.08. The number of aryl methyl sites for hydroxylation is 1. The molecule has 1 aromatic heterocycles. The van der Waals surface area contributed by atoms with Crippen LogP contribution < -0.4 is 40.2 Å². The van der Waals surface area contributed by atoms with Crippen LogP contribution in [0.25, 0.3) is 44.5 Å². The number of carbonyl (C=O) groups excluding carboxylic acids is 5. The Morgan fingerprint density at radius 3 is 1.15 bits per heavy atom. The van der Waals surface area contributed by atoms with Crippen LogP contribution in [0, 0.1) is 93.7 Å². The van der Waals surface area contributed by atoms with Gasteiger partial charge in [0.1, 0.15) is 77.5 Å². The summed E-state index contributed by atoms with van der Waals surface area (Å²) in [6, 6.07) is 61.9. The lowest BCUT2D eigenvalue weighted by atomic mass is 9.88. The molecule has 9 aromatic rings. The molecule has 4 aliphatic heterocycles. The van der Waals surface area contributed by atoms with Gasteiger partial charge in [-0.2, -0.15) is 21.0 Å². The summed E-state index contributed by atoms with van der Waals surface area (Å²) in [6.07, 6.45) is 15.3. The van der Waals surface area contributed by atoms with E-state index in [0.29, 0.717) is 96.9 Å². The number of halogens is 1. The smallest absolute Gasteiger partial charge is 0.293 e. The van der Waals surface area contributed by atoms with Gasteiger partial charge in [0.05, 0.1) is 68.4 Å². The number of amides is 5. The van der Waals surface area contributed by atoms with Crippen LogP contribution in [0.3, 0.4) is 0 Å². The molecule has 9 fully saturated rings. The second-order valence-corrected chi connectivity index (χ2v) is 33.6. The van der Waals surface area contributed by atoms with Crippen LogP contribution in [0.2, 0.25) is 0 Å². The molecular formula is C99H103FN12O12. The molecule has 18 rings (SSSR count). The Balaban J connectivity index is 0.000000129. The molecule has 9 aliphatic rings. The van der Waals surface area contributed by atoms with E-state index in [-0.39, 0.29) is 102 Å². The van der Waals surface area contributed by atoms with Crippen LogP contribution in [0.5, 0.6) is 23.0 Å². The molecule has 4 saturated heterocycles. The lowest BCUT2D eigenvalue weighted by Gasteiger charge is -2.34. The van der Waals surface area contributed by atoms with Gasteiger partial charge in [-0.3, -0.25) is 29.1 Å². The summed E-state index contributed by atoms with van der Waals surface area (Å²) < 4.78 is 55.1. The van der Waals surface area contributed by atoms with E-state index in [1.807, 2.05) is 152 Å². The van der Waals surface area contributed by atoms with Crippen molar-refractivity contribution in [3.63, 3.8) is 0 Å². The number of piperidine rings is 1. The minimum atomic E-state index is -1.43. The summed E-state index contributed by atoms with van der Waals surface area (Å²) >= 11 is 0. The van der Waals surface area contributed by atoms with Crippen molar-refractivity contribution in [2.75, 3.05) is 74.0 Å². The summed E-state index contributed by atoms with van der Waals surface area (Å²) in [5.41, 5.74) is 12.2. The third-order valence-electron chi connectivity index (χ3n) is 24.2. The first kappa shape index (κ1) is 86.2. The van der Waals surface area contributed by atoms with Gasteiger partial charge in [-0.15, -0.1) is 5.10 Å². The van der Waals surface area contributed by atoms with Gasteiger partial charge < -0.3 is 59.3 Å². The summed E-state index contributed by atoms with van der Waals surface area (Å²) in [5, 5.41) is 57.1. The van der Waals surface area contributed by atoms with Gasteiger partial charge in [0, 0.05) is 97.9 Å². The number of aromatic nitrogens is 3. The molecule has 0 spiro atoms. The molecule has 5 aliphatic carbocycles. The standard InChI is InChI=1S/C27H27FN6O3.C25H26N2O3.C25H28N2O3.C22H22N2O3/c1-15-10-21(15)26(35)31-20-5-3-4-17(12-20)18-6-7-23(19(11-18)13-29)37-24-8-9-34(14-22(24)28)27(36)25-30-16(2)32-33-25;26-15-19-12-18(6-7-24(19)30-21-8-10-29-11-9-21)17-2-1-3-20(13-17)27-25(28)23-14-22(23)16-4-5-16;26-17-21-15-20(9-10-24(21)30-23-11-13-29-14-12-23)19-7-4-8-22(16-19)27-25(28)18-5-2-1-3-6-18;23-14-18-12-17(6-7-21(18)27-20-8-10-26-11-9-20)16-2-1-3-19(13-16)24-22(25)15-4-5-15/h3-7,11-12,15,21-22,24H,8-10,14H2,1-2H3,(H,31,35)(H,30,32,33);1-3,6-7,12-13,16,21-23H,4-5,8-11,14H2,(H,27,28);4,7-10,15-16,18,23H,1-3,5-6,11-14H2,(H,27,28);1-3,6-7,12-13,15,20H,4-5,8-11H2,(H,24,25)/t15?,21?,22-,24+;22-,23+;;/m11../s1. The number of hydrogen-bond donors (Lipinski definition) is 5. The summed E-state index contributed by atoms with van der Waals surface area (Å²) in [7, 11) is 0. The summed E-state index contributed by atoms with van der Waals surface area (Å²) in [4.78, 5) is 67.3. The minimum absolute atomic E-state index is 0.0113. The predicted molar refractivity (Wildman–Crippen MR) is 466 cm³/mol. The highest BCUT2D eigenvalue weighted by Crippen LogP contribution is 2.55. The third-order valence-corrected chi connectivity index (χ3v) is 24.2. The van der Waals surface area contributed by atoms with Gasteiger partial charge in [-0.1, -0.05) is 99.0 Å². The van der Waals surface area contributed by atoms with Crippen molar-refractivity contribution in [2.45, 2.75) is 160 Å². The van der Waals surface area contributed by atoms with Crippen LogP contribution in [0.15, 0.2) is 170 Å². The number of aromatic amines is 1. The molecule has 5 saturated carbocycles. The van der Waals surface area contributed by atoms with E-state index in [4.69, 9.17) is 33.2 Å². The van der Waals surface area contributed by atoms with E-state index in [9.17, 15) is 49.4 Å². The van der Waals surface area contributed by atoms with E-state index in [2.05, 4.69) is 67.6 Å². The maximum absolute atomic E-state index is 15.0. The third kappa shape index (κ3) is 23.1. The van der Waals surface area contributed by atoms with Crippen LogP contribution >= 0.6 is 0 Å². The fourth-order valence-electron chi connectivity index (χ4n) is 16.5. The van der Waals surface area contributed by atoms with Gasteiger partial charge in [0.25, 0.3) is 5.91 Å². The zero-order valence-electron chi connectivity index (χ0n) is 69.9. The second-order valence-electron chi connectivity index (χ2n) is 33.6. The molecule has 0 bridgehead atoms. The average Bonchev–Trinajstić information content (AvgIpc) is 1.61. The number of nitriles is 4. The topological polar surface area (TPSA) is 338 Å². The van der Waals surface area contributed by atoms with E-state index >= 15 is 0 Å². The number of H-pyrrole nitrogens is 1. The highest BCUT2D eigenvalue weighted by molar-refractivity contribution is 5.97. The van der Waals surface area contributed by atoms with Crippen molar-refractivity contribution in [3.8, 4) is 91.8 Å². The van der Waals surface area contributed by atoms with Crippen molar-refractivity contribution < 1.29 is 61.5 Å². The minimum Gasteiger partial charge on any atom is -0.489 e. The fourth-order valence-corrected chi connectivity index (χ4v) is 16.5. The van der Waals surface area contributed by atoms with Crippen LogP contribution in [0.1, 0.15) is 161 Å². The molecule has 24 nitrogen and oxygen atoms in total. The molecule has 5 N–H and O–H groups in total. The number of alkyl halides is 1. The van der Waals surface area contributed by atoms with E-state index in [1.165, 1.54) is 24.2 Å². The Hall–Kier alpha value is -12.8. The van der Waals surface area contributed by atoms with Crippen molar-refractivity contribution in [2.24, 2.45) is 41.4 Å². The van der Waals surface area contributed by atoms with Crippen LogP contribution in [0.4, 0.5) is 27.1 Å². The second kappa shape index (κ2) is 40.9. The van der Waals surface area contributed by atoms with Crippen molar-refractivity contribution >= 4 is 52.3 Å². The molecule has 5 heterocycles. The molecule has 25 heteroatoms.